The van der Waals surface area contributed by atoms with Gasteiger partial charge >= 0.3 is 0 Å². The number of hydrogen-bond donors (Lipinski definition) is 1. The zero-order valence-corrected chi connectivity index (χ0v) is 12.8. The monoisotopic (exact) mass is 297 g/mol. The lowest BCUT2D eigenvalue weighted by Crippen LogP contribution is -2.50. The molecule has 0 spiro atoms. The lowest BCUT2D eigenvalue weighted by atomic mass is 10.2. The standard InChI is InChI=1S/C11H19N3S.2ClH/c1-9-7-12-4-6-14(9)5-3-11-10(2)13-8-15-11;;/h8-9,12H,3-7H2,1-2H3;2*1H/t9-;;/m0../s1. The fraction of sp³-hybridized carbons (Fsp3) is 0.727. The van der Waals surface area contributed by atoms with Crippen LogP contribution in [0.1, 0.15) is 17.5 Å². The van der Waals surface area contributed by atoms with E-state index in [0.29, 0.717) is 6.04 Å². The van der Waals surface area contributed by atoms with Gasteiger partial charge in [0, 0.05) is 37.1 Å². The first-order valence-corrected chi connectivity index (χ1v) is 6.49. The third-order valence-electron chi connectivity index (χ3n) is 3.11. The van der Waals surface area contributed by atoms with Crippen LogP contribution in [0.4, 0.5) is 0 Å². The largest absolute Gasteiger partial charge is 0.314 e. The first-order chi connectivity index (χ1) is 7.27. The third kappa shape index (κ3) is 4.72. The molecule has 2 rings (SSSR count). The van der Waals surface area contributed by atoms with E-state index in [1.807, 2.05) is 5.51 Å². The maximum absolute atomic E-state index is 4.29. The molecule has 1 aromatic heterocycles. The van der Waals surface area contributed by atoms with Gasteiger partial charge in [-0.1, -0.05) is 0 Å². The fourth-order valence-corrected chi connectivity index (χ4v) is 2.80. The van der Waals surface area contributed by atoms with Crippen molar-refractivity contribution < 1.29 is 0 Å². The SMILES string of the molecule is Cc1ncsc1CCN1CCNC[C@@H]1C.Cl.Cl. The second kappa shape index (κ2) is 8.27. The van der Waals surface area contributed by atoms with Crippen molar-refractivity contribution in [3.8, 4) is 0 Å². The molecule has 2 heterocycles. The smallest absolute Gasteiger partial charge is 0.0797 e. The van der Waals surface area contributed by atoms with E-state index in [2.05, 4.69) is 29.0 Å². The molecule has 0 radical (unpaired) electrons. The number of aromatic nitrogens is 1. The number of nitrogens with one attached hydrogen (secondary N) is 1. The number of rotatable bonds is 3. The summed E-state index contributed by atoms with van der Waals surface area (Å²) in [6, 6.07) is 0.673. The van der Waals surface area contributed by atoms with Crippen molar-refractivity contribution in [2.45, 2.75) is 26.3 Å². The molecule has 1 aliphatic rings. The molecule has 17 heavy (non-hydrogen) atoms. The Kier molecular flexibility index (Phi) is 8.33. The first-order valence-electron chi connectivity index (χ1n) is 5.61. The van der Waals surface area contributed by atoms with Crippen LogP contribution in [0, 0.1) is 6.92 Å². The quantitative estimate of drug-likeness (QED) is 0.926. The van der Waals surface area contributed by atoms with Crippen molar-refractivity contribution in [1.29, 1.82) is 0 Å². The molecule has 1 atom stereocenters. The number of hydrogen-bond acceptors (Lipinski definition) is 4. The second-order valence-electron chi connectivity index (χ2n) is 4.20. The molecule has 100 valence electrons. The second-order valence-corrected chi connectivity index (χ2v) is 5.14. The molecule has 3 nitrogen and oxygen atoms in total. The van der Waals surface area contributed by atoms with E-state index in [1.165, 1.54) is 23.7 Å². The van der Waals surface area contributed by atoms with Crippen LogP contribution < -0.4 is 5.32 Å². The molecule has 1 aliphatic heterocycles. The lowest BCUT2D eigenvalue weighted by molar-refractivity contribution is 0.176. The molecule has 1 saturated heterocycles. The van der Waals surface area contributed by atoms with Crippen molar-refractivity contribution >= 4 is 36.2 Å². The molecule has 0 aliphatic carbocycles. The molecule has 6 heteroatoms. The van der Waals surface area contributed by atoms with E-state index in [-0.39, 0.29) is 24.8 Å². The predicted molar refractivity (Wildman–Crippen MR) is 79.0 cm³/mol. The van der Waals surface area contributed by atoms with Crippen LogP contribution in [0.25, 0.3) is 0 Å². The van der Waals surface area contributed by atoms with Crippen LogP contribution >= 0.6 is 36.2 Å². The summed E-state index contributed by atoms with van der Waals surface area (Å²) in [7, 11) is 0. The zero-order chi connectivity index (χ0) is 10.7. The maximum atomic E-state index is 4.29. The Morgan fingerprint density at radius 1 is 1.53 bits per heavy atom. The van der Waals surface area contributed by atoms with Gasteiger partial charge in [0.25, 0.3) is 0 Å². The van der Waals surface area contributed by atoms with Gasteiger partial charge in [0.15, 0.2) is 0 Å². The average Bonchev–Trinajstić information content (AvgIpc) is 2.63. The topological polar surface area (TPSA) is 28.2 Å². The zero-order valence-electron chi connectivity index (χ0n) is 10.3. The van der Waals surface area contributed by atoms with E-state index >= 15 is 0 Å². The minimum absolute atomic E-state index is 0. The Hall–Kier alpha value is 0.130. The highest BCUT2D eigenvalue weighted by Gasteiger charge is 2.17. The molecule has 0 amide bonds. The van der Waals surface area contributed by atoms with E-state index in [0.717, 1.165) is 19.5 Å². The van der Waals surface area contributed by atoms with E-state index in [1.54, 1.807) is 11.3 Å². The molecule has 0 bridgehead atoms. The van der Waals surface area contributed by atoms with Crippen LogP contribution in [0.3, 0.4) is 0 Å². The Morgan fingerprint density at radius 3 is 2.88 bits per heavy atom. The van der Waals surface area contributed by atoms with Gasteiger partial charge in [-0.05, 0) is 20.3 Å². The summed E-state index contributed by atoms with van der Waals surface area (Å²) in [6.07, 6.45) is 1.15. The molecular formula is C11H21Cl2N3S. The number of piperazine rings is 1. The Morgan fingerprint density at radius 2 is 2.29 bits per heavy atom. The van der Waals surface area contributed by atoms with Gasteiger partial charge in [-0.25, -0.2) is 4.98 Å². The molecule has 1 aromatic rings. The highest BCUT2D eigenvalue weighted by atomic mass is 35.5. The molecule has 1 N–H and O–H groups in total. The minimum atomic E-state index is 0. The Bertz CT molecular complexity index is 319. The maximum Gasteiger partial charge on any atom is 0.0797 e. The van der Waals surface area contributed by atoms with Crippen molar-refractivity contribution in [2.24, 2.45) is 0 Å². The summed E-state index contributed by atoms with van der Waals surface area (Å²) in [6.45, 7) is 9.01. The highest BCUT2D eigenvalue weighted by molar-refractivity contribution is 7.09. The first kappa shape index (κ1) is 17.1. The van der Waals surface area contributed by atoms with Gasteiger partial charge in [0.2, 0.25) is 0 Å². The highest BCUT2D eigenvalue weighted by Crippen LogP contribution is 2.14. The Balaban J connectivity index is 0.00000128. The van der Waals surface area contributed by atoms with Crippen molar-refractivity contribution in [3.63, 3.8) is 0 Å². The van der Waals surface area contributed by atoms with Crippen LogP contribution in [-0.2, 0) is 6.42 Å². The summed E-state index contributed by atoms with van der Waals surface area (Å²) >= 11 is 1.79. The van der Waals surface area contributed by atoms with E-state index < -0.39 is 0 Å². The van der Waals surface area contributed by atoms with E-state index in [4.69, 9.17) is 0 Å². The molecule has 0 aromatic carbocycles. The Labute approximate surface area is 120 Å². The minimum Gasteiger partial charge on any atom is -0.314 e. The average molecular weight is 298 g/mol. The number of thiazole rings is 1. The third-order valence-corrected chi connectivity index (χ3v) is 4.10. The lowest BCUT2D eigenvalue weighted by Gasteiger charge is -2.33. The molecule has 0 unspecified atom stereocenters. The van der Waals surface area contributed by atoms with Gasteiger partial charge in [0.05, 0.1) is 11.2 Å². The van der Waals surface area contributed by atoms with E-state index in [9.17, 15) is 0 Å². The van der Waals surface area contributed by atoms with Crippen molar-refractivity contribution in [2.75, 3.05) is 26.2 Å². The van der Waals surface area contributed by atoms with Crippen LogP contribution in [0.5, 0.6) is 0 Å². The van der Waals surface area contributed by atoms with Crippen LogP contribution in [0.2, 0.25) is 0 Å². The van der Waals surface area contributed by atoms with Gasteiger partial charge < -0.3 is 5.32 Å². The van der Waals surface area contributed by atoms with Crippen LogP contribution in [-0.4, -0.2) is 42.1 Å². The summed E-state index contributed by atoms with van der Waals surface area (Å²) in [5.74, 6) is 0. The fourth-order valence-electron chi connectivity index (χ4n) is 2.03. The molecular weight excluding hydrogens is 277 g/mol. The van der Waals surface area contributed by atoms with Gasteiger partial charge in [-0.2, -0.15) is 0 Å². The normalized spacial score (nSPS) is 20.5. The molecule has 0 saturated carbocycles. The molecule has 1 fully saturated rings. The van der Waals surface area contributed by atoms with Crippen molar-refractivity contribution in [1.82, 2.24) is 15.2 Å². The summed E-state index contributed by atoms with van der Waals surface area (Å²) < 4.78 is 0. The van der Waals surface area contributed by atoms with Crippen molar-refractivity contribution in [3.05, 3.63) is 16.1 Å². The number of nitrogens with zero attached hydrogens (tertiary/aromatic N) is 2. The van der Waals surface area contributed by atoms with Crippen LogP contribution in [0.15, 0.2) is 5.51 Å². The number of halogens is 2. The summed E-state index contributed by atoms with van der Waals surface area (Å²) in [5, 5.41) is 3.42. The van der Waals surface area contributed by atoms with Gasteiger partial charge in [-0.15, -0.1) is 36.2 Å². The van der Waals surface area contributed by atoms with Gasteiger partial charge in [0.1, 0.15) is 0 Å². The summed E-state index contributed by atoms with van der Waals surface area (Å²) in [5.41, 5.74) is 3.16. The predicted octanol–water partition coefficient (Wildman–Crippen LogP) is 2.13. The summed E-state index contributed by atoms with van der Waals surface area (Å²) in [4.78, 5) is 8.30. The number of aryl methyl sites for hydroxylation is 1. The van der Waals surface area contributed by atoms with Gasteiger partial charge in [-0.3, -0.25) is 4.90 Å².